The van der Waals surface area contributed by atoms with E-state index in [4.69, 9.17) is 5.73 Å². The molecule has 0 bridgehead atoms. The lowest BCUT2D eigenvalue weighted by molar-refractivity contribution is 0.660. The minimum Gasteiger partial charge on any atom is -0.383 e. The first-order valence-corrected chi connectivity index (χ1v) is 6.58. The maximum Gasteiger partial charge on any atom is 0.165 e. The SMILES string of the molecule is CCc1nc(-c2cnn(CC)c2)nc(N)c1I. The molecule has 0 spiro atoms. The van der Waals surface area contributed by atoms with E-state index in [2.05, 4.69) is 44.6 Å². The maximum absolute atomic E-state index is 5.89. The van der Waals surface area contributed by atoms with Crippen molar-refractivity contribution in [2.24, 2.45) is 0 Å². The topological polar surface area (TPSA) is 69.6 Å². The van der Waals surface area contributed by atoms with Crippen molar-refractivity contribution in [3.05, 3.63) is 21.7 Å². The molecule has 0 unspecified atom stereocenters. The minimum absolute atomic E-state index is 0.539. The number of hydrogen-bond donors (Lipinski definition) is 1. The Morgan fingerprint density at radius 3 is 2.71 bits per heavy atom. The molecule has 0 atom stereocenters. The summed E-state index contributed by atoms with van der Waals surface area (Å²) in [6.45, 7) is 4.93. The molecule has 17 heavy (non-hydrogen) atoms. The van der Waals surface area contributed by atoms with Crippen molar-refractivity contribution in [2.75, 3.05) is 5.73 Å². The van der Waals surface area contributed by atoms with Crippen molar-refractivity contribution >= 4 is 28.4 Å². The molecule has 0 amide bonds. The van der Waals surface area contributed by atoms with Crippen molar-refractivity contribution in [1.29, 1.82) is 0 Å². The van der Waals surface area contributed by atoms with Crippen LogP contribution >= 0.6 is 22.6 Å². The summed E-state index contributed by atoms with van der Waals surface area (Å²) in [5.41, 5.74) is 7.78. The highest BCUT2D eigenvalue weighted by Gasteiger charge is 2.11. The van der Waals surface area contributed by atoms with Crippen LogP contribution in [0.5, 0.6) is 0 Å². The molecule has 0 radical (unpaired) electrons. The average molecular weight is 343 g/mol. The molecule has 0 saturated carbocycles. The second-order valence-corrected chi connectivity index (χ2v) is 4.71. The molecular formula is C11H14IN5. The van der Waals surface area contributed by atoms with Crippen LogP contribution in [0, 0.1) is 3.57 Å². The normalized spacial score (nSPS) is 10.8. The summed E-state index contributed by atoms with van der Waals surface area (Å²) >= 11 is 2.18. The molecule has 0 aromatic carbocycles. The van der Waals surface area contributed by atoms with Gasteiger partial charge in [-0.2, -0.15) is 5.10 Å². The lowest BCUT2D eigenvalue weighted by atomic mass is 10.3. The van der Waals surface area contributed by atoms with Gasteiger partial charge < -0.3 is 5.73 Å². The van der Waals surface area contributed by atoms with Crippen LogP contribution in [-0.4, -0.2) is 19.7 Å². The Kier molecular flexibility index (Phi) is 3.60. The van der Waals surface area contributed by atoms with Gasteiger partial charge in [0.25, 0.3) is 0 Å². The second kappa shape index (κ2) is 4.99. The summed E-state index contributed by atoms with van der Waals surface area (Å²) in [7, 11) is 0. The van der Waals surface area contributed by atoms with E-state index in [0.29, 0.717) is 11.6 Å². The third-order valence-corrected chi connectivity index (χ3v) is 3.67. The van der Waals surface area contributed by atoms with Gasteiger partial charge in [-0.3, -0.25) is 4.68 Å². The molecule has 2 aromatic heterocycles. The summed E-state index contributed by atoms with van der Waals surface area (Å²) in [5.74, 6) is 1.19. The molecule has 0 aliphatic carbocycles. The number of aryl methyl sites for hydroxylation is 2. The van der Waals surface area contributed by atoms with E-state index >= 15 is 0 Å². The first kappa shape index (κ1) is 12.3. The number of aromatic nitrogens is 4. The van der Waals surface area contributed by atoms with Gasteiger partial charge in [-0.1, -0.05) is 6.92 Å². The van der Waals surface area contributed by atoms with Crippen LogP contribution in [0.3, 0.4) is 0 Å². The average Bonchev–Trinajstić information content (AvgIpc) is 2.81. The minimum atomic E-state index is 0.539. The van der Waals surface area contributed by atoms with Crippen LogP contribution in [-0.2, 0) is 13.0 Å². The lowest BCUT2D eigenvalue weighted by Gasteiger charge is -2.05. The van der Waals surface area contributed by atoms with Crippen LogP contribution in [0.15, 0.2) is 12.4 Å². The zero-order valence-corrected chi connectivity index (χ0v) is 12.0. The zero-order chi connectivity index (χ0) is 12.4. The Bertz CT molecular complexity index is 535. The number of halogens is 1. The standard InChI is InChI=1S/C11H14IN5/c1-3-8-9(12)10(13)16-11(15-8)7-5-14-17(4-2)6-7/h5-6H,3-4H2,1-2H3,(H2,13,15,16). The largest absolute Gasteiger partial charge is 0.383 e. The number of hydrogen-bond acceptors (Lipinski definition) is 4. The van der Waals surface area contributed by atoms with Crippen molar-refractivity contribution in [1.82, 2.24) is 19.7 Å². The van der Waals surface area contributed by atoms with Gasteiger partial charge in [0.15, 0.2) is 5.82 Å². The van der Waals surface area contributed by atoms with Crippen LogP contribution in [0.2, 0.25) is 0 Å². The summed E-state index contributed by atoms with van der Waals surface area (Å²) in [5, 5.41) is 4.21. The van der Waals surface area contributed by atoms with Gasteiger partial charge in [0.1, 0.15) is 5.82 Å². The van der Waals surface area contributed by atoms with E-state index in [1.54, 1.807) is 6.20 Å². The Morgan fingerprint density at radius 2 is 2.12 bits per heavy atom. The van der Waals surface area contributed by atoms with Gasteiger partial charge in [-0.25, -0.2) is 9.97 Å². The second-order valence-electron chi connectivity index (χ2n) is 3.63. The van der Waals surface area contributed by atoms with Crippen LogP contribution in [0.25, 0.3) is 11.4 Å². The van der Waals surface area contributed by atoms with Gasteiger partial charge in [0.2, 0.25) is 0 Å². The van der Waals surface area contributed by atoms with E-state index in [-0.39, 0.29) is 0 Å². The third kappa shape index (κ3) is 2.41. The Hall–Kier alpha value is -1.18. The monoisotopic (exact) mass is 343 g/mol. The summed E-state index contributed by atoms with van der Waals surface area (Å²) < 4.78 is 2.79. The van der Waals surface area contributed by atoms with E-state index in [0.717, 1.165) is 27.8 Å². The van der Waals surface area contributed by atoms with Gasteiger partial charge in [-0.15, -0.1) is 0 Å². The van der Waals surface area contributed by atoms with Crippen LogP contribution in [0.1, 0.15) is 19.5 Å². The molecule has 0 saturated heterocycles. The van der Waals surface area contributed by atoms with Gasteiger partial charge >= 0.3 is 0 Å². The molecule has 0 fully saturated rings. The Labute approximate surface area is 114 Å². The zero-order valence-electron chi connectivity index (χ0n) is 9.81. The van der Waals surface area contributed by atoms with Gasteiger partial charge in [0.05, 0.1) is 21.0 Å². The van der Waals surface area contributed by atoms with Gasteiger partial charge in [-0.05, 0) is 35.9 Å². The molecule has 2 heterocycles. The molecule has 2 rings (SSSR count). The highest BCUT2D eigenvalue weighted by molar-refractivity contribution is 14.1. The summed E-state index contributed by atoms with van der Waals surface area (Å²) in [6, 6.07) is 0. The van der Waals surface area contributed by atoms with Crippen molar-refractivity contribution in [2.45, 2.75) is 26.8 Å². The number of nitrogens with two attached hydrogens (primary N) is 1. The van der Waals surface area contributed by atoms with Crippen molar-refractivity contribution in [3.8, 4) is 11.4 Å². The quantitative estimate of drug-likeness (QED) is 0.867. The number of anilines is 1. The fraction of sp³-hybridized carbons (Fsp3) is 0.364. The Balaban J connectivity index is 2.48. The van der Waals surface area contributed by atoms with Crippen LogP contribution in [0.4, 0.5) is 5.82 Å². The smallest absolute Gasteiger partial charge is 0.165 e. The van der Waals surface area contributed by atoms with E-state index in [1.165, 1.54) is 0 Å². The summed E-state index contributed by atoms with van der Waals surface area (Å²) in [6.07, 6.45) is 4.55. The number of nitrogen functional groups attached to an aromatic ring is 1. The molecule has 6 heteroatoms. The number of rotatable bonds is 3. The van der Waals surface area contributed by atoms with Gasteiger partial charge in [0, 0.05) is 12.7 Å². The third-order valence-electron chi connectivity index (χ3n) is 2.50. The predicted molar refractivity (Wildman–Crippen MR) is 75.4 cm³/mol. The molecule has 2 N–H and O–H groups in total. The van der Waals surface area contributed by atoms with Crippen molar-refractivity contribution in [3.63, 3.8) is 0 Å². The maximum atomic E-state index is 5.89. The summed E-state index contributed by atoms with van der Waals surface area (Å²) in [4.78, 5) is 8.82. The molecule has 5 nitrogen and oxygen atoms in total. The molecule has 2 aromatic rings. The first-order chi connectivity index (χ1) is 8.15. The van der Waals surface area contributed by atoms with E-state index in [9.17, 15) is 0 Å². The first-order valence-electron chi connectivity index (χ1n) is 5.50. The molecule has 0 aliphatic heterocycles. The highest BCUT2D eigenvalue weighted by atomic mass is 127. The fourth-order valence-electron chi connectivity index (χ4n) is 1.53. The van der Waals surface area contributed by atoms with E-state index < -0.39 is 0 Å². The lowest BCUT2D eigenvalue weighted by Crippen LogP contribution is -2.04. The van der Waals surface area contributed by atoms with E-state index in [1.807, 2.05) is 17.8 Å². The molecule has 90 valence electrons. The van der Waals surface area contributed by atoms with Crippen LogP contribution < -0.4 is 5.73 Å². The number of nitrogens with zero attached hydrogens (tertiary/aromatic N) is 4. The molecule has 0 aliphatic rings. The molecular weight excluding hydrogens is 329 g/mol. The van der Waals surface area contributed by atoms with Crippen molar-refractivity contribution < 1.29 is 0 Å². The highest BCUT2D eigenvalue weighted by Crippen LogP contribution is 2.22. The Morgan fingerprint density at radius 1 is 1.35 bits per heavy atom. The fourth-order valence-corrected chi connectivity index (χ4v) is 2.15. The predicted octanol–water partition coefficient (Wildman–Crippen LogP) is 2.11.